The van der Waals surface area contributed by atoms with Gasteiger partial charge in [-0.2, -0.15) is 13.2 Å². The van der Waals surface area contributed by atoms with Gasteiger partial charge < -0.3 is 24.8 Å². The Labute approximate surface area is 163 Å². The highest BCUT2D eigenvalue weighted by Gasteiger charge is 2.27. The van der Waals surface area contributed by atoms with Gasteiger partial charge in [0, 0.05) is 33.4 Å². The Balaban J connectivity index is 1.64. The van der Waals surface area contributed by atoms with Crippen LogP contribution in [-0.4, -0.2) is 58.3 Å². The van der Waals surface area contributed by atoms with Crippen LogP contribution in [0.5, 0.6) is 0 Å². The quantitative estimate of drug-likeness (QED) is 0.357. The second kappa shape index (κ2) is 11.9. The number of guanidine groups is 1. The van der Waals surface area contributed by atoms with Gasteiger partial charge in [0.1, 0.15) is 6.61 Å². The van der Waals surface area contributed by atoms with Gasteiger partial charge in [-0.3, -0.25) is 4.99 Å². The van der Waals surface area contributed by atoms with Gasteiger partial charge in [0.15, 0.2) is 5.96 Å². The summed E-state index contributed by atoms with van der Waals surface area (Å²) in [4.78, 5) is 4.16. The zero-order valence-corrected chi connectivity index (χ0v) is 16.1. The van der Waals surface area contributed by atoms with Crippen molar-refractivity contribution in [2.75, 3.05) is 40.0 Å². The van der Waals surface area contributed by atoms with Crippen LogP contribution in [-0.2, 0) is 27.4 Å². The van der Waals surface area contributed by atoms with Gasteiger partial charge in [0.05, 0.1) is 19.3 Å². The van der Waals surface area contributed by atoms with Crippen LogP contribution in [0.2, 0.25) is 0 Å². The zero-order chi connectivity index (χ0) is 20.2. The molecule has 28 heavy (non-hydrogen) atoms. The van der Waals surface area contributed by atoms with Crippen LogP contribution in [0, 0.1) is 0 Å². The Hall–Kier alpha value is -1.84. The summed E-state index contributed by atoms with van der Waals surface area (Å²) in [6.07, 6.45) is -2.29. The minimum absolute atomic E-state index is 0.0770. The molecule has 0 aliphatic carbocycles. The number of alkyl halides is 3. The predicted molar refractivity (Wildman–Crippen MR) is 100 cm³/mol. The molecular formula is C19H28F3N3O3. The second-order valence-electron chi connectivity index (χ2n) is 6.49. The highest BCUT2D eigenvalue weighted by Crippen LogP contribution is 2.16. The highest BCUT2D eigenvalue weighted by atomic mass is 19.4. The van der Waals surface area contributed by atoms with Crippen molar-refractivity contribution >= 4 is 5.96 Å². The molecule has 1 atom stereocenters. The summed E-state index contributed by atoms with van der Waals surface area (Å²) < 4.78 is 52.1. The van der Waals surface area contributed by atoms with Crippen molar-refractivity contribution in [2.24, 2.45) is 4.99 Å². The Morgan fingerprint density at radius 3 is 2.82 bits per heavy atom. The molecule has 1 aliphatic rings. The third-order valence-corrected chi connectivity index (χ3v) is 4.06. The van der Waals surface area contributed by atoms with Crippen molar-refractivity contribution in [3.63, 3.8) is 0 Å². The summed E-state index contributed by atoms with van der Waals surface area (Å²) in [6, 6.07) is 7.24. The SMILES string of the molecule is CN=C(NCCCOC1CCOC1)NCc1cccc(COCC(F)(F)F)c1. The molecule has 1 unspecified atom stereocenters. The molecule has 0 bridgehead atoms. The maximum absolute atomic E-state index is 12.1. The molecule has 1 fully saturated rings. The molecule has 0 amide bonds. The average Bonchev–Trinajstić information content (AvgIpc) is 3.17. The highest BCUT2D eigenvalue weighted by molar-refractivity contribution is 5.79. The van der Waals surface area contributed by atoms with Gasteiger partial charge in [0.2, 0.25) is 0 Å². The van der Waals surface area contributed by atoms with E-state index in [4.69, 9.17) is 14.2 Å². The van der Waals surface area contributed by atoms with Crippen LogP contribution in [0.15, 0.2) is 29.3 Å². The van der Waals surface area contributed by atoms with Crippen molar-refractivity contribution in [2.45, 2.75) is 38.3 Å². The number of halogens is 3. The van der Waals surface area contributed by atoms with E-state index in [9.17, 15) is 13.2 Å². The van der Waals surface area contributed by atoms with Gasteiger partial charge in [-0.15, -0.1) is 0 Å². The molecule has 0 saturated carbocycles. The van der Waals surface area contributed by atoms with Crippen LogP contribution in [0.3, 0.4) is 0 Å². The van der Waals surface area contributed by atoms with E-state index in [1.807, 2.05) is 12.1 Å². The summed E-state index contributed by atoms with van der Waals surface area (Å²) in [5, 5.41) is 6.39. The normalized spacial score (nSPS) is 17.7. The van der Waals surface area contributed by atoms with Gasteiger partial charge in [-0.1, -0.05) is 24.3 Å². The maximum Gasteiger partial charge on any atom is 0.411 e. The van der Waals surface area contributed by atoms with E-state index in [-0.39, 0.29) is 12.7 Å². The summed E-state index contributed by atoms with van der Waals surface area (Å²) in [7, 11) is 1.68. The van der Waals surface area contributed by atoms with Crippen molar-refractivity contribution in [3.05, 3.63) is 35.4 Å². The molecule has 158 valence electrons. The van der Waals surface area contributed by atoms with E-state index >= 15 is 0 Å². The van der Waals surface area contributed by atoms with Gasteiger partial charge in [-0.25, -0.2) is 0 Å². The Kier molecular flexibility index (Phi) is 9.52. The third kappa shape index (κ3) is 9.38. The van der Waals surface area contributed by atoms with Crippen LogP contribution in [0.4, 0.5) is 13.2 Å². The fourth-order valence-electron chi connectivity index (χ4n) is 2.69. The molecular weight excluding hydrogens is 375 g/mol. The number of nitrogens with zero attached hydrogens (tertiary/aromatic N) is 1. The van der Waals surface area contributed by atoms with Crippen LogP contribution in [0.1, 0.15) is 24.0 Å². The van der Waals surface area contributed by atoms with Crippen molar-refractivity contribution < 1.29 is 27.4 Å². The molecule has 2 rings (SSSR count). The molecule has 1 saturated heterocycles. The molecule has 0 spiro atoms. The van der Waals surface area contributed by atoms with Crippen LogP contribution in [0.25, 0.3) is 0 Å². The van der Waals surface area contributed by atoms with Gasteiger partial charge in [0.25, 0.3) is 0 Å². The van der Waals surface area contributed by atoms with E-state index in [0.29, 0.717) is 31.3 Å². The second-order valence-corrected chi connectivity index (χ2v) is 6.49. The van der Waals surface area contributed by atoms with Crippen molar-refractivity contribution in [1.29, 1.82) is 0 Å². The standard InChI is InChI=1S/C19H28F3N3O3/c1-23-18(24-7-3-8-28-17-6-9-26-13-17)25-11-15-4-2-5-16(10-15)12-27-14-19(20,21)22/h2,4-5,10,17H,3,6-9,11-14H2,1H3,(H2,23,24,25). The largest absolute Gasteiger partial charge is 0.411 e. The van der Waals surface area contributed by atoms with Gasteiger partial charge in [-0.05, 0) is 24.0 Å². The fourth-order valence-corrected chi connectivity index (χ4v) is 2.69. The molecule has 0 radical (unpaired) electrons. The first-order chi connectivity index (χ1) is 13.5. The van der Waals surface area contributed by atoms with Gasteiger partial charge >= 0.3 is 6.18 Å². The summed E-state index contributed by atoms with van der Waals surface area (Å²) in [6.45, 7) is 2.02. The predicted octanol–water partition coefficient (Wildman–Crippen LogP) is 2.63. The molecule has 0 aromatic heterocycles. The summed E-state index contributed by atoms with van der Waals surface area (Å²) in [5.41, 5.74) is 1.63. The molecule has 1 aliphatic heterocycles. The Morgan fingerprint density at radius 2 is 2.11 bits per heavy atom. The molecule has 9 heteroatoms. The summed E-state index contributed by atoms with van der Waals surface area (Å²) >= 11 is 0. The van der Waals surface area contributed by atoms with E-state index in [0.717, 1.165) is 31.6 Å². The minimum Gasteiger partial charge on any atom is -0.379 e. The Bertz CT molecular complexity index is 606. The fraction of sp³-hybridized carbons (Fsp3) is 0.632. The number of nitrogens with one attached hydrogen (secondary N) is 2. The topological polar surface area (TPSA) is 64.1 Å². The van der Waals surface area contributed by atoms with E-state index in [1.165, 1.54) is 0 Å². The lowest BCUT2D eigenvalue weighted by atomic mass is 10.1. The first-order valence-corrected chi connectivity index (χ1v) is 9.32. The number of hydrogen-bond donors (Lipinski definition) is 2. The number of hydrogen-bond acceptors (Lipinski definition) is 4. The lowest BCUT2D eigenvalue weighted by molar-refractivity contribution is -0.176. The minimum atomic E-state index is -4.31. The number of aliphatic imine (C=N–C) groups is 1. The lowest BCUT2D eigenvalue weighted by Gasteiger charge is -2.14. The monoisotopic (exact) mass is 403 g/mol. The number of rotatable bonds is 10. The van der Waals surface area contributed by atoms with Crippen molar-refractivity contribution in [3.8, 4) is 0 Å². The number of ether oxygens (including phenoxy) is 3. The molecule has 1 heterocycles. The molecule has 1 aromatic rings. The first kappa shape index (κ1) is 22.4. The zero-order valence-electron chi connectivity index (χ0n) is 16.1. The average molecular weight is 403 g/mol. The molecule has 1 aromatic carbocycles. The Morgan fingerprint density at radius 1 is 1.29 bits per heavy atom. The van der Waals surface area contributed by atoms with E-state index in [1.54, 1.807) is 19.2 Å². The first-order valence-electron chi connectivity index (χ1n) is 9.32. The van der Waals surface area contributed by atoms with Crippen LogP contribution >= 0.6 is 0 Å². The summed E-state index contributed by atoms with van der Waals surface area (Å²) in [5.74, 6) is 0.655. The van der Waals surface area contributed by atoms with E-state index < -0.39 is 12.8 Å². The smallest absolute Gasteiger partial charge is 0.379 e. The lowest BCUT2D eigenvalue weighted by Crippen LogP contribution is -2.37. The molecule has 6 nitrogen and oxygen atoms in total. The van der Waals surface area contributed by atoms with Crippen LogP contribution < -0.4 is 10.6 Å². The third-order valence-electron chi connectivity index (χ3n) is 4.06. The maximum atomic E-state index is 12.1. The van der Waals surface area contributed by atoms with E-state index in [2.05, 4.69) is 15.6 Å². The number of benzene rings is 1. The molecule has 2 N–H and O–H groups in total. The van der Waals surface area contributed by atoms with Crippen molar-refractivity contribution in [1.82, 2.24) is 10.6 Å².